The van der Waals surface area contributed by atoms with Gasteiger partial charge >= 0.3 is 6.09 Å². The Balaban J connectivity index is 1.88. The largest absolute Gasteiger partial charge is 0.449 e. The van der Waals surface area contributed by atoms with E-state index in [-0.39, 0.29) is 6.09 Å². The lowest BCUT2D eigenvalue weighted by atomic mass is 9.85. The van der Waals surface area contributed by atoms with Gasteiger partial charge in [-0.15, -0.1) is 0 Å². The van der Waals surface area contributed by atoms with Gasteiger partial charge in [0.15, 0.2) is 0 Å². The Morgan fingerprint density at radius 1 is 1.29 bits per heavy atom. The Morgan fingerprint density at radius 3 is 2.67 bits per heavy atom. The summed E-state index contributed by atoms with van der Waals surface area (Å²) in [5.74, 6) is 0.574. The SMILES string of the molecule is CCCCOC(=O)N1CCC(c2cccc(C)c2C)CC1. The average molecular weight is 289 g/mol. The molecule has 0 radical (unpaired) electrons. The van der Waals surface area contributed by atoms with E-state index < -0.39 is 0 Å². The highest BCUT2D eigenvalue weighted by atomic mass is 16.6. The number of nitrogens with zero attached hydrogens (tertiary/aromatic N) is 1. The number of benzene rings is 1. The van der Waals surface area contributed by atoms with Crippen molar-refractivity contribution in [2.24, 2.45) is 0 Å². The molecule has 0 N–H and O–H groups in total. The van der Waals surface area contributed by atoms with Crippen LogP contribution in [0.2, 0.25) is 0 Å². The average Bonchev–Trinajstić information content (AvgIpc) is 2.50. The number of carbonyl (C=O) groups excluding carboxylic acids is 1. The van der Waals surface area contributed by atoms with E-state index in [0.29, 0.717) is 12.5 Å². The van der Waals surface area contributed by atoms with Crippen molar-refractivity contribution in [3.8, 4) is 0 Å². The molecule has 1 aliphatic rings. The van der Waals surface area contributed by atoms with E-state index in [0.717, 1.165) is 38.8 Å². The van der Waals surface area contributed by atoms with Gasteiger partial charge < -0.3 is 9.64 Å². The van der Waals surface area contributed by atoms with Crippen molar-refractivity contribution in [2.45, 2.75) is 52.4 Å². The molecule has 116 valence electrons. The van der Waals surface area contributed by atoms with Crippen LogP contribution >= 0.6 is 0 Å². The molecular formula is C18H27NO2. The standard InChI is InChI=1S/C18H27NO2/c1-4-5-13-21-18(20)19-11-9-16(10-12-19)17-8-6-7-14(2)15(17)3/h6-8,16H,4-5,9-13H2,1-3H3. The van der Waals surface area contributed by atoms with Crippen LogP contribution < -0.4 is 0 Å². The van der Waals surface area contributed by atoms with Gasteiger partial charge in [-0.25, -0.2) is 4.79 Å². The molecule has 0 aromatic heterocycles. The highest BCUT2D eigenvalue weighted by Gasteiger charge is 2.25. The Hall–Kier alpha value is -1.51. The van der Waals surface area contributed by atoms with Crippen molar-refractivity contribution in [3.05, 3.63) is 34.9 Å². The first-order chi connectivity index (χ1) is 10.1. The summed E-state index contributed by atoms with van der Waals surface area (Å²) in [4.78, 5) is 13.8. The third-order valence-electron chi connectivity index (χ3n) is 4.56. The van der Waals surface area contributed by atoms with Gasteiger partial charge in [-0.2, -0.15) is 0 Å². The molecule has 0 spiro atoms. The lowest BCUT2D eigenvalue weighted by molar-refractivity contribution is 0.0916. The Kier molecular flexibility index (Phi) is 5.66. The molecule has 0 unspecified atom stereocenters. The number of aryl methyl sites for hydroxylation is 1. The topological polar surface area (TPSA) is 29.5 Å². The van der Waals surface area contributed by atoms with Gasteiger partial charge in [-0.3, -0.25) is 0 Å². The van der Waals surface area contributed by atoms with E-state index in [9.17, 15) is 4.79 Å². The van der Waals surface area contributed by atoms with Gasteiger partial charge in [0.1, 0.15) is 0 Å². The maximum Gasteiger partial charge on any atom is 0.409 e. The third kappa shape index (κ3) is 3.99. The van der Waals surface area contributed by atoms with Crippen molar-refractivity contribution < 1.29 is 9.53 Å². The van der Waals surface area contributed by atoms with Crippen LogP contribution in [-0.2, 0) is 4.74 Å². The number of ether oxygens (including phenoxy) is 1. The van der Waals surface area contributed by atoms with Crippen LogP contribution in [0.25, 0.3) is 0 Å². The first kappa shape index (κ1) is 15.9. The van der Waals surface area contributed by atoms with E-state index in [4.69, 9.17) is 4.74 Å². The smallest absolute Gasteiger partial charge is 0.409 e. The van der Waals surface area contributed by atoms with E-state index >= 15 is 0 Å². The van der Waals surface area contributed by atoms with Crippen molar-refractivity contribution >= 4 is 6.09 Å². The molecule has 3 heteroatoms. The molecule has 0 bridgehead atoms. The van der Waals surface area contributed by atoms with Crippen LogP contribution in [0.15, 0.2) is 18.2 Å². The third-order valence-corrected chi connectivity index (χ3v) is 4.56. The van der Waals surface area contributed by atoms with Gasteiger partial charge in [-0.1, -0.05) is 31.5 Å². The second kappa shape index (κ2) is 7.48. The first-order valence-electron chi connectivity index (χ1n) is 8.11. The summed E-state index contributed by atoms with van der Waals surface area (Å²) in [6, 6.07) is 6.55. The van der Waals surface area contributed by atoms with E-state index in [1.807, 2.05) is 4.90 Å². The molecule has 1 aromatic carbocycles. The van der Waals surface area contributed by atoms with Gasteiger partial charge in [0.2, 0.25) is 0 Å². The van der Waals surface area contributed by atoms with E-state index in [1.54, 1.807) is 0 Å². The quantitative estimate of drug-likeness (QED) is 0.768. The van der Waals surface area contributed by atoms with Crippen molar-refractivity contribution in [1.82, 2.24) is 4.90 Å². The number of unbranched alkanes of at least 4 members (excludes halogenated alkanes) is 1. The zero-order valence-electron chi connectivity index (χ0n) is 13.5. The van der Waals surface area contributed by atoms with Crippen molar-refractivity contribution in [1.29, 1.82) is 0 Å². The fraction of sp³-hybridized carbons (Fsp3) is 0.611. The summed E-state index contributed by atoms with van der Waals surface area (Å²) in [7, 11) is 0. The normalized spacial score (nSPS) is 16.0. The van der Waals surface area contributed by atoms with E-state index in [1.165, 1.54) is 16.7 Å². The number of amides is 1. The van der Waals surface area contributed by atoms with E-state index in [2.05, 4.69) is 39.0 Å². The molecule has 3 nitrogen and oxygen atoms in total. The molecule has 1 amide bonds. The van der Waals surface area contributed by atoms with Crippen molar-refractivity contribution in [2.75, 3.05) is 19.7 Å². The Labute approximate surface area is 128 Å². The van der Waals surface area contributed by atoms with Crippen LogP contribution in [0, 0.1) is 13.8 Å². The second-order valence-electron chi connectivity index (χ2n) is 6.02. The fourth-order valence-corrected chi connectivity index (χ4v) is 2.98. The minimum atomic E-state index is -0.136. The van der Waals surface area contributed by atoms with Crippen LogP contribution in [0.4, 0.5) is 4.79 Å². The molecule has 1 aliphatic heterocycles. The predicted molar refractivity (Wildman–Crippen MR) is 85.7 cm³/mol. The molecule has 1 fully saturated rings. The van der Waals surface area contributed by atoms with Crippen molar-refractivity contribution in [3.63, 3.8) is 0 Å². The summed E-state index contributed by atoms with van der Waals surface area (Å²) < 4.78 is 5.29. The highest BCUT2D eigenvalue weighted by Crippen LogP contribution is 2.31. The summed E-state index contributed by atoms with van der Waals surface area (Å²) in [5.41, 5.74) is 4.21. The molecule has 0 saturated carbocycles. The molecule has 1 saturated heterocycles. The lowest BCUT2D eigenvalue weighted by Crippen LogP contribution is -2.38. The maximum atomic E-state index is 11.9. The molecule has 21 heavy (non-hydrogen) atoms. The zero-order chi connectivity index (χ0) is 15.2. The maximum absolute atomic E-state index is 11.9. The molecule has 1 heterocycles. The summed E-state index contributed by atoms with van der Waals surface area (Å²) in [6.45, 7) is 8.64. The molecule has 0 atom stereocenters. The predicted octanol–water partition coefficient (Wildman–Crippen LogP) is 4.42. The van der Waals surface area contributed by atoms with Gasteiger partial charge in [0, 0.05) is 13.1 Å². The number of hydrogen-bond donors (Lipinski definition) is 0. The number of hydrogen-bond acceptors (Lipinski definition) is 2. The van der Waals surface area contributed by atoms with Crippen LogP contribution in [0.1, 0.15) is 55.2 Å². The molecule has 0 aliphatic carbocycles. The zero-order valence-corrected chi connectivity index (χ0v) is 13.5. The number of carbonyl (C=O) groups is 1. The fourth-order valence-electron chi connectivity index (χ4n) is 2.98. The number of likely N-dealkylation sites (tertiary alicyclic amines) is 1. The lowest BCUT2D eigenvalue weighted by Gasteiger charge is -2.32. The summed E-state index contributed by atoms with van der Waals surface area (Å²) in [6.07, 6.45) is 3.94. The molecular weight excluding hydrogens is 262 g/mol. The van der Waals surface area contributed by atoms with Gasteiger partial charge in [-0.05, 0) is 55.7 Å². The minimum absolute atomic E-state index is 0.136. The number of piperidine rings is 1. The van der Waals surface area contributed by atoms with Gasteiger partial charge in [0.25, 0.3) is 0 Å². The number of rotatable bonds is 4. The summed E-state index contributed by atoms with van der Waals surface area (Å²) >= 11 is 0. The van der Waals surface area contributed by atoms with Crippen LogP contribution in [0.5, 0.6) is 0 Å². The minimum Gasteiger partial charge on any atom is -0.449 e. The van der Waals surface area contributed by atoms with Crippen LogP contribution in [0.3, 0.4) is 0 Å². The molecule has 1 aromatic rings. The second-order valence-corrected chi connectivity index (χ2v) is 6.02. The Bertz CT molecular complexity index is 476. The van der Waals surface area contributed by atoms with Gasteiger partial charge in [0.05, 0.1) is 6.61 Å². The Morgan fingerprint density at radius 2 is 2.00 bits per heavy atom. The molecule has 2 rings (SSSR count). The monoisotopic (exact) mass is 289 g/mol. The highest BCUT2D eigenvalue weighted by molar-refractivity contribution is 5.67. The first-order valence-corrected chi connectivity index (χ1v) is 8.11. The summed E-state index contributed by atoms with van der Waals surface area (Å²) in [5, 5.41) is 0. The van der Waals surface area contributed by atoms with Crippen LogP contribution in [-0.4, -0.2) is 30.7 Å².